The molecule has 1 aromatic carbocycles. The molecule has 0 radical (unpaired) electrons. The van der Waals surface area contributed by atoms with Crippen LogP contribution < -0.4 is 5.56 Å². The molecule has 32 heavy (non-hydrogen) atoms. The molecular weight excluding hydrogens is 415 g/mol. The number of hydrogen-bond donors (Lipinski definition) is 1. The van der Waals surface area contributed by atoms with Gasteiger partial charge in [0.2, 0.25) is 0 Å². The largest absolute Gasteiger partial charge is 0.378 e. The third kappa shape index (κ3) is 4.05. The molecule has 170 valence electrons. The van der Waals surface area contributed by atoms with Crippen molar-refractivity contribution in [3.63, 3.8) is 0 Å². The van der Waals surface area contributed by atoms with Crippen molar-refractivity contribution >= 4 is 11.8 Å². The Labute approximate surface area is 185 Å². The molecule has 1 saturated heterocycles. The maximum atomic E-state index is 14.0. The molecule has 1 fully saturated rings. The molecule has 4 rings (SSSR count). The second-order valence-electron chi connectivity index (χ2n) is 8.45. The number of likely N-dealkylation sites (N-methyl/N-ethyl adjacent to an activating group) is 1. The molecule has 3 heterocycles. The zero-order valence-electron chi connectivity index (χ0n) is 18.3. The summed E-state index contributed by atoms with van der Waals surface area (Å²) in [5.74, 6) is -1.53. The predicted molar refractivity (Wildman–Crippen MR) is 116 cm³/mol. The highest BCUT2D eigenvalue weighted by atomic mass is 19.1. The zero-order valence-corrected chi connectivity index (χ0v) is 18.3. The topological polar surface area (TPSA) is 86.1 Å². The lowest BCUT2D eigenvalue weighted by atomic mass is 9.95. The number of fused-ring (bicyclic) bond motifs is 1. The molecule has 1 aromatic heterocycles. The summed E-state index contributed by atoms with van der Waals surface area (Å²) in [4.78, 5) is 44.3. The van der Waals surface area contributed by atoms with Crippen LogP contribution in [0.4, 0.5) is 4.39 Å². The summed E-state index contributed by atoms with van der Waals surface area (Å²) in [6.45, 7) is 2.97. The van der Waals surface area contributed by atoms with Crippen LogP contribution >= 0.6 is 0 Å². The minimum Gasteiger partial charge on any atom is -0.378 e. The van der Waals surface area contributed by atoms with Crippen molar-refractivity contribution in [1.29, 1.82) is 0 Å². The fourth-order valence-electron chi connectivity index (χ4n) is 4.37. The first kappa shape index (κ1) is 22.2. The van der Waals surface area contributed by atoms with Crippen LogP contribution in [0.15, 0.2) is 35.3 Å². The van der Waals surface area contributed by atoms with Gasteiger partial charge in [0.15, 0.2) is 6.10 Å². The van der Waals surface area contributed by atoms with E-state index in [-0.39, 0.29) is 35.7 Å². The first-order valence-electron chi connectivity index (χ1n) is 10.7. The molecule has 2 aliphatic heterocycles. The fraction of sp³-hybridized carbons (Fsp3) is 0.435. The molecule has 0 saturated carbocycles. The number of benzene rings is 1. The smallest absolute Gasteiger partial charge is 0.263 e. The molecule has 9 heteroatoms. The average molecular weight is 442 g/mol. The molecule has 0 bridgehead atoms. The molecule has 1 N–H and O–H groups in total. The number of amides is 2. The number of halogens is 1. The Balaban J connectivity index is 1.60. The van der Waals surface area contributed by atoms with Crippen LogP contribution in [0.1, 0.15) is 33.2 Å². The van der Waals surface area contributed by atoms with Crippen molar-refractivity contribution in [2.24, 2.45) is 7.05 Å². The van der Waals surface area contributed by atoms with E-state index < -0.39 is 17.8 Å². The van der Waals surface area contributed by atoms with Crippen molar-refractivity contribution in [3.8, 4) is 0 Å². The summed E-state index contributed by atoms with van der Waals surface area (Å²) in [6, 6.07) is 5.63. The van der Waals surface area contributed by atoms with Crippen molar-refractivity contribution in [3.05, 3.63) is 68.9 Å². The van der Waals surface area contributed by atoms with E-state index in [1.165, 1.54) is 27.7 Å². The molecule has 0 spiro atoms. The van der Waals surface area contributed by atoms with Crippen LogP contribution in [0.5, 0.6) is 0 Å². The Bertz CT molecular complexity index is 1110. The van der Waals surface area contributed by atoms with Crippen LogP contribution in [0.2, 0.25) is 0 Å². The van der Waals surface area contributed by atoms with E-state index in [0.717, 1.165) is 13.1 Å². The second-order valence-corrected chi connectivity index (χ2v) is 8.45. The van der Waals surface area contributed by atoms with Crippen molar-refractivity contribution < 1.29 is 19.1 Å². The molecule has 8 nitrogen and oxygen atoms in total. The van der Waals surface area contributed by atoms with Crippen LogP contribution in [0, 0.1) is 5.82 Å². The quantitative estimate of drug-likeness (QED) is 0.750. The van der Waals surface area contributed by atoms with Gasteiger partial charge in [0, 0.05) is 58.1 Å². The summed E-state index contributed by atoms with van der Waals surface area (Å²) in [5.41, 5.74) is 1.08. The highest BCUT2D eigenvalue weighted by molar-refractivity contribution is 5.96. The number of aliphatic hydroxyl groups excluding tert-OH is 1. The average Bonchev–Trinajstić information content (AvgIpc) is 2.79. The first-order chi connectivity index (χ1) is 15.3. The van der Waals surface area contributed by atoms with Gasteiger partial charge in [0.25, 0.3) is 17.4 Å². The number of piperazine rings is 1. The number of aromatic nitrogens is 1. The summed E-state index contributed by atoms with van der Waals surface area (Å²) in [7, 11) is 3.57. The van der Waals surface area contributed by atoms with E-state index in [9.17, 15) is 23.9 Å². The van der Waals surface area contributed by atoms with E-state index in [1.54, 1.807) is 24.2 Å². The number of aliphatic hydroxyl groups is 1. The highest BCUT2D eigenvalue weighted by Gasteiger charge is 2.33. The van der Waals surface area contributed by atoms with Gasteiger partial charge in [-0.1, -0.05) is 18.2 Å². The number of aryl methyl sites for hydroxylation is 1. The standard InChI is InChI=1S/C23H27FN4O4/c1-25-9-11-27(12-10-25)22(31)19-16-7-8-28(14-15(16)13-26(2)21(19)30)23(32)20(29)17-5-3-4-6-18(17)24/h3-6,13,20,29H,7-12,14H2,1-2H3. The lowest BCUT2D eigenvalue weighted by molar-refractivity contribution is -0.141. The number of pyridine rings is 1. The van der Waals surface area contributed by atoms with Gasteiger partial charge < -0.3 is 24.4 Å². The number of carbonyl (C=O) groups excluding carboxylic acids is 2. The predicted octanol–water partition coefficient (Wildman–Crippen LogP) is 0.530. The van der Waals surface area contributed by atoms with Crippen LogP contribution in [-0.2, 0) is 24.8 Å². The summed E-state index contributed by atoms with van der Waals surface area (Å²) in [6.07, 6.45) is 0.334. The lowest BCUT2D eigenvalue weighted by Gasteiger charge is -2.34. The van der Waals surface area contributed by atoms with Crippen molar-refractivity contribution in [1.82, 2.24) is 19.3 Å². The fourth-order valence-corrected chi connectivity index (χ4v) is 4.37. The SMILES string of the molecule is CN1CCN(C(=O)c2c3c(cn(C)c2=O)CN(C(=O)C(O)c2ccccc2F)CC3)CC1. The Morgan fingerprint density at radius 2 is 1.72 bits per heavy atom. The number of rotatable bonds is 3. The number of hydrogen-bond acceptors (Lipinski definition) is 5. The van der Waals surface area contributed by atoms with Gasteiger partial charge in [0.1, 0.15) is 11.4 Å². The minimum absolute atomic E-state index is 0.0744. The molecule has 1 unspecified atom stereocenters. The van der Waals surface area contributed by atoms with Gasteiger partial charge in [0.05, 0.1) is 0 Å². The monoisotopic (exact) mass is 442 g/mol. The lowest BCUT2D eigenvalue weighted by Crippen LogP contribution is -2.49. The second kappa shape index (κ2) is 8.84. The molecular formula is C23H27FN4O4. The van der Waals surface area contributed by atoms with Crippen molar-refractivity contribution in [2.75, 3.05) is 39.8 Å². The summed E-state index contributed by atoms with van der Waals surface area (Å²) >= 11 is 0. The molecule has 1 atom stereocenters. The van der Waals surface area contributed by atoms with Gasteiger partial charge in [-0.05, 0) is 30.7 Å². The molecule has 2 aromatic rings. The van der Waals surface area contributed by atoms with Crippen LogP contribution in [-0.4, -0.2) is 76.0 Å². The normalized spacial score (nSPS) is 17.8. The van der Waals surface area contributed by atoms with E-state index in [1.807, 2.05) is 7.05 Å². The summed E-state index contributed by atoms with van der Waals surface area (Å²) in [5, 5.41) is 10.5. The van der Waals surface area contributed by atoms with Crippen molar-refractivity contribution in [2.45, 2.75) is 19.1 Å². The van der Waals surface area contributed by atoms with Gasteiger partial charge in [-0.2, -0.15) is 0 Å². The minimum atomic E-state index is -1.61. The number of nitrogens with zero attached hydrogens (tertiary/aromatic N) is 4. The Kier molecular flexibility index (Phi) is 6.12. The van der Waals surface area contributed by atoms with E-state index in [4.69, 9.17) is 0 Å². The molecule has 0 aliphatic carbocycles. The Morgan fingerprint density at radius 1 is 1.03 bits per heavy atom. The van der Waals surface area contributed by atoms with E-state index in [0.29, 0.717) is 30.6 Å². The van der Waals surface area contributed by atoms with Gasteiger partial charge in [-0.15, -0.1) is 0 Å². The first-order valence-corrected chi connectivity index (χ1v) is 10.7. The summed E-state index contributed by atoms with van der Waals surface area (Å²) < 4.78 is 15.4. The molecule has 2 aliphatic rings. The Hall–Kier alpha value is -3.04. The highest BCUT2D eigenvalue weighted by Crippen LogP contribution is 2.26. The third-order valence-corrected chi connectivity index (χ3v) is 6.32. The maximum Gasteiger partial charge on any atom is 0.263 e. The van der Waals surface area contributed by atoms with Gasteiger partial charge in [-0.25, -0.2) is 4.39 Å². The molecule has 2 amide bonds. The zero-order chi connectivity index (χ0) is 23.0. The van der Waals surface area contributed by atoms with E-state index in [2.05, 4.69) is 4.90 Å². The van der Waals surface area contributed by atoms with Gasteiger partial charge in [-0.3, -0.25) is 14.4 Å². The third-order valence-electron chi connectivity index (χ3n) is 6.32. The number of carbonyl (C=O) groups is 2. The van der Waals surface area contributed by atoms with Crippen LogP contribution in [0.3, 0.4) is 0 Å². The maximum absolute atomic E-state index is 14.0. The van der Waals surface area contributed by atoms with Gasteiger partial charge >= 0.3 is 0 Å². The Morgan fingerprint density at radius 3 is 2.41 bits per heavy atom. The van der Waals surface area contributed by atoms with E-state index >= 15 is 0 Å². The van der Waals surface area contributed by atoms with Crippen LogP contribution in [0.25, 0.3) is 0 Å².